The molecule has 3 heteroatoms. The van der Waals surface area contributed by atoms with E-state index >= 15 is 0 Å². The Morgan fingerprint density at radius 3 is 2.40 bits per heavy atom. The van der Waals surface area contributed by atoms with Crippen LogP contribution in [0.15, 0.2) is 29.6 Å². The number of nitrogens with one attached hydrogen (secondary N) is 1. The molecule has 0 amide bonds. The zero-order valence-corrected chi connectivity index (χ0v) is 13.5. The van der Waals surface area contributed by atoms with Crippen molar-refractivity contribution in [1.82, 2.24) is 5.32 Å². The molecule has 1 unspecified atom stereocenters. The van der Waals surface area contributed by atoms with Crippen LogP contribution < -0.4 is 10.1 Å². The van der Waals surface area contributed by atoms with Gasteiger partial charge in [-0.05, 0) is 38.4 Å². The summed E-state index contributed by atoms with van der Waals surface area (Å²) in [7, 11) is 1.72. The summed E-state index contributed by atoms with van der Waals surface area (Å²) in [5, 5.41) is 5.72. The van der Waals surface area contributed by atoms with Gasteiger partial charge in [0.05, 0.1) is 13.2 Å². The van der Waals surface area contributed by atoms with E-state index < -0.39 is 0 Å². The molecule has 0 radical (unpaired) electrons. The molecular weight excluding hydrogens is 266 g/mol. The standard InChI is InChI=1S/C17H23NOS/c1-5-6-18-17(16-10-15(19-4)11-20-16)14-8-12(2)7-13(3)9-14/h7-11,17-18H,5-6H2,1-4H3. The molecule has 1 aromatic heterocycles. The smallest absolute Gasteiger partial charge is 0.129 e. The molecule has 0 fully saturated rings. The zero-order valence-electron chi connectivity index (χ0n) is 12.7. The lowest BCUT2D eigenvalue weighted by atomic mass is 10.00. The average Bonchev–Trinajstić information content (AvgIpc) is 2.87. The largest absolute Gasteiger partial charge is 0.496 e. The molecule has 0 saturated heterocycles. The first kappa shape index (κ1) is 15.1. The summed E-state index contributed by atoms with van der Waals surface area (Å²) in [4.78, 5) is 1.31. The molecule has 2 nitrogen and oxygen atoms in total. The second kappa shape index (κ2) is 6.91. The lowest BCUT2D eigenvalue weighted by molar-refractivity contribution is 0.416. The topological polar surface area (TPSA) is 21.3 Å². The minimum Gasteiger partial charge on any atom is -0.496 e. The van der Waals surface area contributed by atoms with Crippen LogP contribution in [0.2, 0.25) is 0 Å². The second-order valence-corrected chi connectivity index (χ2v) is 6.14. The SMILES string of the molecule is CCCNC(c1cc(C)cc(C)c1)c1cc(OC)cs1. The highest BCUT2D eigenvalue weighted by Gasteiger charge is 2.16. The van der Waals surface area contributed by atoms with E-state index in [0.717, 1.165) is 18.7 Å². The van der Waals surface area contributed by atoms with Gasteiger partial charge < -0.3 is 10.1 Å². The Kier molecular flexibility index (Phi) is 5.21. The molecule has 0 aliphatic heterocycles. The van der Waals surface area contributed by atoms with Crippen molar-refractivity contribution in [2.24, 2.45) is 0 Å². The van der Waals surface area contributed by atoms with E-state index in [2.05, 4.69) is 55.7 Å². The second-order valence-electron chi connectivity index (χ2n) is 5.20. The lowest BCUT2D eigenvalue weighted by Crippen LogP contribution is -2.22. The maximum atomic E-state index is 5.32. The Bertz CT molecular complexity index is 542. The van der Waals surface area contributed by atoms with Crippen molar-refractivity contribution in [3.8, 4) is 5.75 Å². The van der Waals surface area contributed by atoms with Gasteiger partial charge in [-0.15, -0.1) is 11.3 Å². The molecule has 1 aromatic carbocycles. The van der Waals surface area contributed by atoms with E-state index in [0.29, 0.717) is 0 Å². The van der Waals surface area contributed by atoms with Crippen LogP contribution in [0, 0.1) is 13.8 Å². The van der Waals surface area contributed by atoms with Gasteiger partial charge in [-0.25, -0.2) is 0 Å². The highest BCUT2D eigenvalue weighted by atomic mass is 32.1. The number of benzene rings is 1. The van der Waals surface area contributed by atoms with Gasteiger partial charge in [-0.2, -0.15) is 0 Å². The fraction of sp³-hybridized carbons (Fsp3) is 0.412. The Morgan fingerprint density at radius 2 is 1.85 bits per heavy atom. The third-order valence-electron chi connectivity index (χ3n) is 3.29. The molecule has 0 saturated carbocycles. The number of ether oxygens (including phenoxy) is 1. The van der Waals surface area contributed by atoms with Gasteiger partial charge >= 0.3 is 0 Å². The summed E-state index contributed by atoms with van der Waals surface area (Å²) in [6.07, 6.45) is 1.13. The number of aryl methyl sites for hydroxylation is 2. The van der Waals surface area contributed by atoms with Crippen molar-refractivity contribution in [2.45, 2.75) is 33.2 Å². The van der Waals surface area contributed by atoms with E-state index in [1.807, 2.05) is 0 Å². The Labute approximate surface area is 125 Å². The maximum absolute atomic E-state index is 5.32. The van der Waals surface area contributed by atoms with Gasteiger partial charge in [0.1, 0.15) is 5.75 Å². The molecule has 2 aromatic rings. The first-order chi connectivity index (χ1) is 9.63. The van der Waals surface area contributed by atoms with Crippen LogP contribution in [0.1, 0.15) is 41.0 Å². The Balaban J connectivity index is 2.35. The molecule has 108 valence electrons. The molecular formula is C17H23NOS. The summed E-state index contributed by atoms with van der Waals surface area (Å²) in [6, 6.07) is 9.15. The molecule has 0 aliphatic carbocycles. The maximum Gasteiger partial charge on any atom is 0.129 e. The highest BCUT2D eigenvalue weighted by Crippen LogP contribution is 2.31. The predicted molar refractivity (Wildman–Crippen MR) is 86.9 cm³/mol. The first-order valence-corrected chi connectivity index (χ1v) is 7.96. The van der Waals surface area contributed by atoms with Gasteiger partial charge in [0, 0.05) is 10.3 Å². The summed E-state index contributed by atoms with van der Waals surface area (Å²) in [6.45, 7) is 7.52. The summed E-state index contributed by atoms with van der Waals surface area (Å²) in [5.74, 6) is 0.942. The Hall–Kier alpha value is -1.32. The quantitative estimate of drug-likeness (QED) is 0.847. The zero-order chi connectivity index (χ0) is 14.5. The highest BCUT2D eigenvalue weighted by molar-refractivity contribution is 7.10. The molecule has 0 aliphatic rings. The molecule has 2 rings (SSSR count). The van der Waals surface area contributed by atoms with Gasteiger partial charge in [0.15, 0.2) is 0 Å². The summed E-state index contributed by atoms with van der Waals surface area (Å²) in [5.41, 5.74) is 3.96. The number of rotatable bonds is 6. The third-order valence-corrected chi connectivity index (χ3v) is 4.27. The molecule has 1 atom stereocenters. The molecule has 20 heavy (non-hydrogen) atoms. The van der Waals surface area contributed by atoms with Crippen LogP contribution >= 0.6 is 11.3 Å². The van der Waals surface area contributed by atoms with Crippen molar-refractivity contribution in [3.63, 3.8) is 0 Å². The number of methoxy groups -OCH3 is 1. The fourth-order valence-corrected chi connectivity index (χ4v) is 3.40. The summed E-state index contributed by atoms with van der Waals surface area (Å²) >= 11 is 1.75. The van der Waals surface area contributed by atoms with E-state index in [1.54, 1.807) is 18.4 Å². The van der Waals surface area contributed by atoms with Gasteiger partial charge in [0.25, 0.3) is 0 Å². The van der Waals surface area contributed by atoms with E-state index in [-0.39, 0.29) is 6.04 Å². The average molecular weight is 289 g/mol. The molecule has 0 spiro atoms. The summed E-state index contributed by atoms with van der Waals surface area (Å²) < 4.78 is 5.32. The Morgan fingerprint density at radius 1 is 1.15 bits per heavy atom. The van der Waals surface area contributed by atoms with Gasteiger partial charge in [0.2, 0.25) is 0 Å². The number of hydrogen-bond acceptors (Lipinski definition) is 3. The van der Waals surface area contributed by atoms with Crippen molar-refractivity contribution in [3.05, 3.63) is 51.2 Å². The van der Waals surface area contributed by atoms with Crippen molar-refractivity contribution in [2.75, 3.05) is 13.7 Å². The fourth-order valence-electron chi connectivity index (χ4n) is 2.44. The van der Waals surface area contributed by atoms with Gasteiger partial charge in [-0.3, -0.25) is 0 Å². The molecule has 1 heterocycles. The van der Waals surface area contributed by atoms with Crippen LogP contribution in [0.4, 0.5) is 0 Å². The van der Waals surface area contributed by atoms with Crippen molar-refractivity contribution < 1.29 is 4.74 Å². The third kappa shape index (κ3) is 3.62. The van der Waals surface area contributed by atoms with Crippen LogP contribution in [-0.4, -0.2) is 13.7 Å². The van der Waals surface area contributed by atoms with Crippen LogP contribution in [0.25, 0.3) is 0 Å². The predicted octanol–water partition coefficient (Wildman–Crippen LogP) is 4.46. The first-order valence-electron chi connectivity index (χ1n) is 7.08. The minimum absolute atomic E-state index is 0.252. The van der Waals surface area contributed by atoms with E-state index in [1.165, 1.54) is 21.6 Å². The molecule has 0 bridgehead atoms. The van der Waals surface area contributed by atoms with E-state index in [4.69, 9.17) is 4.74 Å². The lowest BCUT2D eigenvalue weighted by Gasteiger charge is -2.19. The number of thiophene rings is 1. The van der Waals surface area contributed by atoms with Crippen molar-refractivity contribution >= 4 is 11.3 Å². The van der Waals surface area contributed by atoms with Crippen LogP contribution in [0.5, 0.6) is 5.75 Å². The van der Waals surface area contributed by atoms with Gasteiger partial charge in [-0.1, -0.05) is 36.2 Å². The molecule has 1 N–H and O–H groups in total. The van der Waals surface area contributed by atoms with Crippen LogP contribution in [0.3, 0.4) is 0 Å². The van der Waals surface area contributed by atoms with Crippen molar-refractivity contribution in [1.29, 1.82) is 0 Å². The normalized spacial score (nSPS) is 12.4. The number of hydrogen-bond donors (Lipinski definition) is 1. The minimum atomic E-state index is 0.252. The van der Waals surface area contributed by atoms with E-state index in [9.17, 15) is 0 Å². The monoisotopic (exact) mass is 289 g/mol. The van der Waals surface area contributed by atoms with Crippen LogP contribution in [-0.2, 0) is 0 Å².